The monoisotopic (exact) mass is 350 g/mol. The quantitative estimate of drug-likeness (QED) is 0.397. The van der Waals surface area contributed by atoms with Gasteiger partial charge in [-0.05, 0) is 30.7 Å². The van der Waals surface area contributed by atoms with E-state index in [1.54, 1.807) is 24.3 Å². The maximum atomic E-state index is 12.0. The predicted molar refractivity (Wildman–Crippen MR) is 101 cm³/mol. The lowest BCUT2D eigenvalue weighted by Gasteiger charge is -2.04. The Hall–Kier alpha value is -2.37. The first-order valence-electron chi connectivity index (χ1n) is 8.48. The summed E-state index contributed by atoms with van der Waals surface area (Å²) in [6.45, 7) is 10.4. The Morgan fingerprint density at radius 2 is 1.20 bits per heavy atom. The van der Waals surface area contributed by atoms with Crippen molar-refractivity contribution in [2.75, 3.05) is 6.61 Å². The third-order valence-corrected chi connectivity index (χ3v) is 2.59. The molecule has 0 unspecified atom stereocenters. The van der Waals surface area contributed by atoms with Crippen LogP contribution in [0.4, 0.5) is 0 Å². The minimum Gasteiger partial charge on any atom is -0.507 e. The summed E-state index contributed by atoms with van der Waals surface area (Å²) >= 11 is 0. The van der Waals surface area contributed by atoms with E-state index in [0.717, 1.165) is 6.42 Å². The van der Waals surface area contributed by atoms with Crippen LogP contribution < -0.4 is 0 Å². The number of phenols is 2. The number of ketones is 1. The topological polar surface area (TPSA) is 87.0 Å². The van der Waals surface area contributed by atoms with E-state index in [2.05, 4.69) is 4.89 Å². The number of aromatic hydroxyl groups is 2. The van der Waals surface area contributed by atoms with Crippen LogP contribution in [0.25, 0.3) is 0 Å². The summed E-state index contributed by atoms with van der Waals surface area (Å²) in [4.78, 5) is 15.7. The Morgan fingerprint density at radius 3 is 1.44 bits per heavy atom. The standard InChI is InChI=1S/C13H10O3.C3H8O2.2C2H6/c14-11-7-3-1-5-9(11)13(16)10-6-2-4-8-12(10)15;1-2-3-5-4;2*1-2/h1-8,14-15H;4H,2-3H2,1H3;2*1-2H3. The van der Waals surface area contributed by atoms with Gasteiger partial charge in [0.1, 0.15) is 11.5 Å². The molecule has 140 valence electrons. The Balaban J connectivity index is 0. The molecule has 5 heteroatoms. The number of para-hydroxylation sites is 2. The maximum absolute atomic E-state index is 12.0. The molecule has 0 saturated carbocycles. The summed E-state index contributed by atoms with van der Waals surface area (Å²) in [6, 6.07) is 12.5. The van der Waals surface area contributed by atoms with Gasteiger partial charge in [-0.15, -0.1) is 0 Å². The molecule has 0 bridgehead atoms. The van der Waals surface area contributed by atoms with Crippen molar-refractivity contribution in [3.05, 3.63) is 59.7 Å². The van der Waals surface area contributed by atoms with Crippen LogP contribution in [0.2, 0.25) is 0 Å². The molecule has 5 nitrogen and oxygen atoms in total. The van der Waals surface area contributed by atoms with Crippen LogP contribution in [0.15, 0.2) is 48.5 Å². The number of rotatable bonds is 4. The van der Waals surface area contributed by atoms with Crippen molar-refractivity contribution < 1.29 is 25.2 Å². The van der Waals surface area contributed by atoms with Gasteiger partial charge in [0, 0.05) is 0 Å². The molecule has 0 aliphatic heterocycles. The Bertz CT molecular complexity index is 532. The number of carbonyl (C=O) groups excluding carboxylic acids is 1. The lowest BCUT2D eigenvalue weighted by Crippen LogP contribution is -2.01. The third-order valence-electron chi connectivity index (χ3n) is 2.59. The third kappa shape index (κ3) is 9.49. The largest absolute Gasteiger partial charge is 0.507 e. The van der Waals surface area contributed by atoms with E-state index in [0.29, 0.717) is 6.61 Å². The van der Waals surface area contributed by atoms with Crippen LogP contribution in [0.5, 0.6) is 11.5 Å². The molecular formula is C20H30O5. The van der Waals surface area contributed by atoms with E-state index < -0.39 is 5.78 Å². The molecule has 3 N–H and O–H groups in total. The smallest absolute Gasteiger partial charge is 0.200 e. The van der Waals surface area contributed by atoms with E-state index in [9.17, 15) is 15.0 Å². The molecular weight excluding hydrogens is 320 g/mol. The highest BCUT2D eigenvalue weighted by molar-refractivity contribution is 6.12. The summed E-state index contributed by atoms with van der Waals surface area (Å²) in [6.07, 6.45) is 0.872. The van der Waals surface area contributed by atoms with Gasteiger partial charge >= 0.3 is 0 Å². The SMILES string of the molecule is CC.CC.CCCOO.O=C(c1ccccc1O)c1ccccc1O. The summed E-state index contributed by atoms with van der Waals surface area (Å²) in [7, 11) is 0. The highest BCUT2D eigenvalue weighted by Gasteiger charge is 2.15. The second-order valence-electron chi connectivity index (χ2n) is 4.20. The fourth-order valence-corrected chi connectivity index (χ4v) is 1.57. The van der Waals surface area contributed by atoms with Gasteiger partial charge in [0.2, 0.25) is 0 Å². The molecule has 2 aromatic carbocycles. The van der Waals surface area contributed by atoms with Crippen LogP contribution in [0.1, 0.15) is 57.0 Å². The molecule has 0 saturated heterocycles. The molecule has 0 aliphatic carbocycles. The molecule has 25 heavy (non-hydrogen) atoms. The first kappa shape index (κ1) is 24.9. The maximum Gasteiger partial charge on any atom is 0.200 e. The first-order valence-corrected chi connectivity index (χ1v) is 8.48. The summed E-state index contributed by atoms with van der Waals surface area (Å²) in [5.74, 6) is -0.567. The minimum atomic E-state index is -0.392. The van der Waals surface area contributed by atoms with Gasteiger partial charge < -0.3 is 10.2 Å². The minimum absolute atomic E-state index is 0.0873. The van der Waals surface area contributed by atoms with Crippen LogP contribution in [0.3, 0.4) is 0 Å². The molecule has 2 aromatic rings. The summed E-state index contributed by atoms with van der Waals surface area (Å²) in [5.41, 5.74) is 0.369. The molecule has 0 atom stereocenters. The molecule has 0 radical (unpaired) electrons. The molecule has 0 aromatic heterocycles. The number of phenolic OH excluding ortho intramolecular Hbond substituents is 2. The predicted octanol–water partition coefficient (Wildman–Crippen LogP) is 5.27. The molecule has 0 amide bonds. The Morgan fingerprint density at radius 1 is 0.840 bits per heavy atom. The van der Waals surface area contributed by atoms with Crippen LogP contribution in [-0.2, 0) is 4.89 Å². The van der Waals surface area contributed by atoms with E-state index in [1.807, 2.05) is 34.6 Å². The van der Waals surface area contributed by atoms with Gasteiger partial charge in [-0.2, -0.15) is 0 Å². The van der Waals surface area contributed by atoms with Gasteiger partial charge in [0.25, 0.3) is 0 Å². The van der Waals surface area contributed by atoms with Crippen LogP contribution in [0, 0.1) is 0 Å². The Labute approximate surface area is 150 Å². The lowest BCUT2D eigenvalue weighted by molar-refractivity contribution is -0.241. The Kier molecular flexibility index (Phi) is 16.4. The zero-order valence-corrected chi connectivity index (χ0v) is 15.7. The van der Waals surface area contributed by atoms with Crippen molar-refractivity contribution in [3.8, 4) is 11.5 Å². The number of carbonyl (C=O) groups is 1. The number of hydrogen-bond acceptors (Lipinski definition) is 5. The van der Waals surface area contributed by atoms with Crippen molar-refractivity contribution in [2.45, 2.75) is 41.0 Å². The number of hydrogen-bond donors (Lipinski definition) is 3. The van der Waals surface area contributed by atoms with E-state index >= 15 is 0 Å². The van der Waals surface area contributed by atoms with Gasteiger partial charge in [0.05, 0.1) is 17.7 Å². The average molecular weight is 350 g/mol. The van der Waals surface area contributed by atoms with Crippen molar-refractivity contribution >= 4 is 5.78 Å². The molecule has 0 heterocycles. The number of benzene rings is 2. The zero-order valence-electron chi connectivity index (χ0n) is 15.7. The van der Waals surface area contributed by atoms with E-state index in [4.69, 9.17) is 5.26 Å². The van der Waals surface area contributed by atoms with Gasteiger partial charge in [-0.25, -0.2) is 4.89 Å². The molecule has 0 fully saturated rings. The first-order chi connectivity index (χ1) is 12.1. The van der Waals surface area contributed by atoms with Crippen molar-refractivity contribution in [1.82, 2.24) is 0 Å². The zero-order chi connectivity index (χ0) is 19.7. The highest BCUT2D eigenvalue weighted by atomic mass is 17.1. The highest BCUT2D eigenvalue weighted by Crippen LogP contribution is 2.24. The normalized spacial score (nSPS) is 8.56. The van der Waals surface area contributed by atoms with Crippen LogP contribution in [-0.4, -0.2) is 27.9 Å². The van der Waals surface area contributed by atoms with Gasteiger partial charge in [-0.3, -0.25) is 10.1 Å². The van der Waals surface area contributed by atoms with Crippen molar-refractivity contribution in [3.63, 3.8) is 0 Å². The lowest BCUT2D eigenvalue weighted by atomic mass is 10.0. The molecule has 0 aliphatic rings. The van der Waals surface area contributed by atoms with Crippen molar-refractivity contribution in [1.29, 1.82) is 0 Å². The summed E-state index contributed by atoms with van der Waals surface area (Å²) in [5, 5.41) is 26.6. The average Bonchev–Trinajstić information content (AvgIpc) is 2.66. The second-order valence-corrected chi connectivity index (χ2v) is 4.20. The van der Waals surface area contributed by atoms with E-state index in [1.165, 1.54) is 24.3 Å². The van der Waals surface area contributed by atoms with Crippen molar-refractivity contribution in [2.24, 2.45) is 0 Å². The van der Waals surface area contributed by atoms with E-state index in [-0.39, 0.29) is 22.6 Å². The van der Waals surface area contributed by atoms with Crippen LogP contribution >= 0.6 is 0 Å². The summed E-state index contributed by atoms with van der Waals surface area (Å²) < 4.78 is 0. The molecule has 2 rings (SSSR count). The van der Waals surface area contributed by atoms with Gasteiger partial charge in [0.15, 0.2) is 5.78 Å². The fraction of sp³-hybridized carbons (Fsp3) is 0.350. The fourth-order valence-electron chi connectivity index (χ4n) is 1.57. The second kappa shape index (κ2) is 16.5. The molecule has 0 spiro atoms. The van der Waals surface area contributed by atoms with Gasteiger partial charge in [-0.1, -0.05) is 58.9 Å².